The molecule has 0 aliphatic rings. The van der Waals surface area contributed by atoms with E-state index in [2.05, 4.69) is 20.8 Å². The summed E-state index contributed by atoms with van der Waals surface area (Å²) in [5.74, 6) is 0. The van der Waals surface area contributed by atoms with E-state index in [1.165, 1.54) is 0 Å². The summed E-state index contributed by atoms with van der Waals surface area (Å²) in [6.07, 6.45) is 0. The molecule has 48 valence electrons. The van der Waals surface area contributed by atoms with E-state index in [-0.39, 0.29) is 11.4 Å². The van der Waals surface area contributed by atoms with Gasteiger partial charge in [0.25, 0.3) is 5.09 Å². The lowest BCUT2D eigenvalue weighted by atomic mass is 10.5. The standard InChI is InChI=1S/C3H6BrNO3/c1-3(4)2-8-5(6)7/h3H,2H2,1H3. The summed E-state index contributed by atoms with van der Waals surface area (Å²) in [6, 6.07) is 0. The minimum absolute atomic E-state index is 0.0351. The Balaban J connectivity index is 3.05. The van der Waals surface area contributed by atoms with Crippen molar-refractivity contribution < 1.29 is 9.92 Å². The van der Waals surface area contributed by atoms with Gasteiger partial charge in [0.05, 0.1) is 0 Å². The number of hydrogen-bond donors (Lipinski definition) is 0. The molecule has 0 aromatic rings. The Morgan fingerprint density at radius 2 is 2.50 bits per heavy atom. The van der Waals surface area contributed by atoms with Gasteiger partial charge in [0.15, 0.2) is 0 Å². The highest BCUT2D eigenvalue weighted by Crippen LogP contribution is 1.96. The van der Waals surface area contributed by atoms with Crippen molar-refractivity contribution in [3.8, 4) is 0 Å². The maximum atomic E-state index is 9.47. The van der Waals surface area contributed by atoms with Crippen LogP contribution in [0.1, 0.15) is 6.92 Å². The molecule has 0 spiro atoms. The number of halogens is 1. The first-order valence-corrected chi connectivity index (χ1v) is 2.96. The van der Waals surface area contributed by atoms with Crippen LogP contribution in [-0.2, 0) is 4.84 Å². The Bertz CT molecular complexity index is 84.6. The highest BCUT2D eigenvalue weighted by atomic mass is 79.9. The second-order valence-electron chi connectivity index (χ2n) is 1.30. The molecule has 0 fully saturated rings. The van der Waals surface area contributed by atoms with Crippen LogP contribution < -0.4 is 0 Å². The maximum absolute atomic E-state index is 9.47. The van der Waals surface area contributed by atoms with Gasteiger partial charge in [-0.2, -0.15) is 0 Å². The summed E-state index contributed by atoms with van der Waals surface area (Å²) in [4.78, 5) is 13.5. The molecule has 0 aromatic heterocycles. The average Bonchev–Trinajstić information content (AvgIpc) is 1.61. The Kier molecular flexibility index (Phi) is 3.51. The molecule has 0 amide bonds. The summed E-state index contributed by atoms with van der Waals surface area (Å²) in [5, 5.41) is 8.66. The number of rotatable bonds is 3. The highest BCUT2D eigenvalue weighted by molar-refractivity contribution is 9.09. The Labute approximate surface area is 55.1 Å². The smallest absolute Gasteiger partial charge is 0.294 e. The molecule has 1 unspecified atom stereocenters. The molecule has 0 N–H and O–H groups in total. The molecule has 0 aliphatic heterocycles. The van der Waals surface area contributed by atoms with E-state index in [1.807, 2.05) is 0 Å². The Morgan fingerprint density at radius 1 is 2.00 bits per heavy atom. The molecule has 0 saturated heterocycles. The Morgan fingerprint density at radius 3 is 2.62 bits per heavy atom. The first-order chi connectivity index (χ1) is 3.63. The van der Waals surface area contributed by atoms with E-state index >= 15 is 0 Å². The van der Waals surface area contributed by atoms with Crippen molar-refractivity contribution in [2.45, 2.75) is 11.8 Å². The van der Waals surface area contributed by atoms with Crippen molar-refractivity contribution in [2.24, 2.45) is 0 Å². The largest absolute Gasteiger partial charge is 0.313 e. The quantitative estimate of drug-likeness (QED) is 0.373. The molecule has 0 bridgehead atoms. The molecule has 4 nitrogen and oxygen atoms in total. The lowest BCUT2D eigenvalue weighted by Gasteiger charge is -1.97. The van der Waals surface area contributed by atoms with E-state index in [0.29, 0.717) is 0 Å². The second-order valence-corrected chi connectivity index (χ2v) is 2.86. The normalized spacial score (nSPS) is 12.8. The SMILES string of the molecule is CC(Br)CO[N+](=O)[O-]. The van der Waals surface area contributed by atoms with Gasteiger partial charge in [-0.1, -0.05) is 22.9 Å². The maximum Gasteiger partial charge on any atom is 0.294 e. The molecular weight excluding hydrogens is 178 g/mol. The van der Waals surface area contributed by atoms with E-state index < -0.39 is 5.09 Å². The molecule has 0 heterocycles. The van der Waals surface area contributed by atoms with Gasteiger partial charge in [0.1, 0.15) is 6.61 Å². The van der Waals surface area contributed by atoms with Crippen LogP contribution in [0.15, 0.2) is 0 Å². The average molecular weight is 184 g/mol. The van der Waals surface area contributed by atoms with Crippen LogP contribution in [-0.4, -0.2) is 16.5 Å². The van der Waals surface area contributed by atoms with Gasteiger partial charge >= 0.3 is 0 Å². The van der Waals surface area contributed by atoms with Crippen molar-refractivity contribution in [3.63, 3.8) is 0 Å². The van der Waals surface area contributed by atoms with Crippen LogP contribution in [0.25, 0.3) is 0 Å². The zero-order chi connectivity index (χ0) is 6.57. The zero-order valence-electron chi connectivity index (χ0n) is 4.33. The van der Waals surface area contributed by atoms with Crippen molar-refractivity contribution >= 4 is 15.9 Å². The van der Waals surface area contributed by atoms with E-state index in [4.69, 9.17) is 0 Å². The highest BCUT2D eigenvalue weighted by Gasteiger charge is 1.97. The van der Waals surface area contributed by atoms with Crippen LogP contribution in [0.2, 0.25) is 0 Å². The van der Waals surface area contributed by atoms with E-state index in [1.54, 1.807) is 6.92 Å². The van der Waals surface area contributed by atoms with Gasteiger partial charge in [0.2, 0.25) is 0 Å². The van der Waals surface area contributed by atoms with Crippen molar-refractivity contribution in [3.05, 3.63) is 10.1 Å². The summed E-state index contributed by atoms with van der Waals surface area (Å²) < 4.78 is 0. The molecule has 0 radical (unpaired) electrons. The first kappa shape index (κ1) is 7.68. The van der Waals surface area contributed by atoms with Crippen LogP contribution in [0.5, 0.6) is 0 Å². The molecule has 0 aliphatic carbocycles. The Hall–Kier alpha value is -0.320. The molecule has 0 aromatic carbocycles. The van der Waals surface area contributed by atoms with Crippen LogP contribution in [0, 0.1) is 10.1 Å². The van der Waals surface area contributed by atoms with Gasteiger partial charge in [-0.15, -0.1) is 10.1 Å². The van der Waals surface area contributed by atoms with Crippen LogP contribution in [0.4, 0.5) is 0 Å². The summed E-state index contributed by atoms with van der Waals surface area (Å²) in [6.45, 7) is 1.87. The fourth-order valence-corrected chi connectivity index (χ4v) is 0.282. The first-order valence-electron chi connectivity index (χ1n) is 2.04. The minimum atomic E-state index is -0.808. The summed E-state index contributed by atoms with van der Waals surface area (Å²) in [5.41, 5.74) is 0. The number of alkyl halides is 1. The second kappa shape index (κ2) is 3.65. The third-order valence-corrected chi connectivity index (χ3v) is 0.674. The summed E-state index contributed by atoms with van der Waals surface area (Å²) in [7, 11) is 0. The van der Waals surface area contributed by atoms with Gasteiger partial charge in [-0.3, -0.25) is 0 Å². The van der Waals surface area contributed by atoms with Gasteiger partial charge < -0.3 is 4.84 Å². The third kappa shape index (κ3) is 5.68. The number of nitrogens with zero attached hydrogens (tertiary/aromatic N) is 1. The van der Waals surface area contributed by atoms with Crippen molar-refractivity contribution in [1.82, 2.24) is 0 Å². The van der Waals surface area contributed by atoms with Crippen LogP contribution >= 0.6 is 15.9 Å². The number of hydrogen-bond acceptors (Lipinski definition) is 3. The van der Waals surface area contributed by atoms with E-state index in [9.17, 15) is 10.1 Å². The van der Waals surface area contributed by atoms with Crippen molar-refractivity contribution in [2.75, 3.05) is 6.61 Å². The monoisotopic (exact) mass is 183 g/mol. The van der Waals surface area contributed by atoms with Gasteiger partial charge in [-0.05, 0) is 0 Å². The molecule has 1 atom stereocenters. The lowest BCUT2D eigenvalue weighted by Crippen LogP contribution is -2.08. The van der Waals surface area contributed by atoms with Crippen molar-refractivity contribution in [1.29, 1.82) is 0 Å². The summed E-state index contributed by atoms with van der Waals surface area (Å²) >= 11 is 3.07. The topological polar surface area (TPSA) is 52.4 Å². The fourth-order valence-electron chi connectivity index (χ4n) is 0.164. The van der Waals surface area contributed by atoms with Gasteiger partial charge in [0, 0.05) is 4.83 Å². The predicted molar refractivity (Wildman–Crippen MR) is 31.3 cm³/mol. The third-order valence-electron chi connectivity index (χ3n) is 0.410. The molecule has 0 saturated carbocycles. The predicted octanol–water partition coefficient (Wildman–Crippen LogP) is 0.978. The zero-order valence-corrected chi connectivity index (χ0v) is 5.92. The lowest BCUT2D eigenvalue weighted by molar-refractivity contribution is -0.757. The van der Waals surface area contributed by atoms with Gasteiger partial charge in [-0.25, -0.2) is 0 Å². The molecule has 0 rings (SSSR count). The minimum Gasteiger partial charge on any atom is -0.313 e. The van der Waals surface area contributed by atoms with Crippen LogP contribution in [0.3, 0.4) is 0 Å². The molecular formula is C3H6BrNO3. The molecule has 5 heteroatoms. The van der Waals surface area contributed by atoms with E-state index in [0.717, 1.165) is 0 Å². The molecule has 8 heavy (non-hydrogen) atoms. The fraction of sp³-hybridized carbons (Fsp3) is 1.00.